The molecule has 7 heteroatoms. The molecule has 150 valence electrons. The highest BCUT2D eigenvalue weighted by Gasteiger charge is 2.14. The number of nitrogens with one attached hydrogen (secondary N) is 1. The molecular formula is C22H22N2O5. The van der Waals surface area contributed by atoms with Gasteiger partial charge in [-0.1, -0.05) is 36.4 Å². The number of hydrogen-bond acceptors (Lipinski definition) is 6. The lowest BCUT2D eigenvalue weighted by molar-refractivity contribution is -0.142. The Morgan fingerprint density at radius 2 is 1.86 bits per heavy atom. The van der Waals surface area contributed by atoms with E-state index in [4.69, 9.17) is 9.47 Å². The van der Waals surface area contributed by atoms with Gasteiger partial charge in [-0.3, -0.25) is 4.79 Å². The van der Waals surface area contributed by atoms with E-state index in [9.17, 15) is 14.9 Å². The second-order valence-corrected chi connectivity index (χ2v) is 6.05. The summed E-state index contributed by atoms with van der Waals surface area (Å²) in [7, 11) is 2.72. The van der Waals surface area contributed by atoms with E-state index in [1.54, 1.807) is 18.2 Å². The average molecular weight is 394 g/mol. The molecular weight excluding hydrogens is 372 g/mol. The Morgan fingerprint density at radius 3 is 2.48 bits per heavy atom. The molecule has 1 amide bonds. The van der Waals surface area contributed by atoms with Crippen LogP contribution in [0.5, 0.6) is 11.5 Å². The quantitative estimate of drug-likeness (QED) is 0.420. The fourth-order valence-corrected chi connectivity index (χ4v) is 2.50. The third-order valence-corrected chi connectivity index (χ3v) is 4.08. The molecule has 0 saturated heterocycles. The predicted molar refractivity (Wildman–Crippen MR) is 107 cm³/mol. The van der Waals surface area contributed by atoms with Gasteiger partial charge in [0.2, 0.25) is 0 Å². The molecule has 0 unspecified atom stereocenters. The number of nitriles is 1. The molecule has 0 spiro atoms. The molecule has 0 aliphatic heterocycles. The van der Waals surface area contributed by atoms with Gasteiger partial charge in [0, 0.05) is 0 Å². The van der Waals surface area contributed by atoms with Crippen LogP contribution >= 0.6 is 0 Å². The van der Waals surface area contributed by atoms with Crippen molar-refractivity contribution >= 4 is 18.0 Å². The first-order valence-electron chi connectivity index (χ1n) is 8.83. The Balaban J connectivity index is 2.16. The minimum atomic E-state index is -0.521. The van der Waals surface area contributed by atoms with Gasteiger partial charge in [-0.05, 0) is 36.3 Å². The maximum absolute atomic E-state index is 12.5. The Labute approximate surface area is 169 Å². The van der Waals surface area contributed by atoms with Crippen LogP contribution in [0.25, 0.3) is 6.08 Å². The molecule has 2 aromatic rings. The fraction of sp³-hybridized carbons (Fsp3) is 0.227. The lowest BCUT2D eigenvalue weighted by Crippen LogP contribution is -2.27. The smallest absolute Gasteiger partial charge is 0.343 e. The van der Waals surface area contributed by atoms with Crippen molar-refractivity contribution in [3.8, 4) is 17.6 Å². The van der Waals surface area contributed by atoms with Gasteiger partial charge in [0.05, 0.1) is 20.3 Å². The van der Waals surface area contributed by atoms with E-state index < -0.39 is 11.9 Å². The van der Waals surface area contributed by atoms with Crippen molar-refractivity contribution in [2.24, 2.45) is 0 Å². The highest BCUT2D eigenvalue weighted by molar-refractivity contribution is 6.01. The van der Waals surface area contributed by atoms with Gasteiger partial charge < -0.3 is 19.5 Å². The summed E-state index contributed by atoms with van der Waals surface area (Å²) in [6, 6.07) is 16.0. The van der Waals surface area contributed by atoms with Crippen molar-refractivity contribution in [2.45, 2.75) is 13.0 Å². The van der Waals surface area contributed by atoms with Crippen LogP contribution in [0.3, 0.4) is 0 Å². The summed E-state index contributed by atoms with van der Waals surface area (Å²) >= 11 is 0. The molecule has 2 rings (SSSR count). The molecule has 7 nitrogen and oxygen atoms in total. The number of methoxy groups -OCH3 is 2. The Hall–Kier alpha value is -3.79. The summed E-state index contributed by atoms with van der Waals surface area (Å²) in [5.41, 5.74) is 1.47. The molecule has 0 aliphatic rings. The summed E-state index contributed by atoms with van der Waals surface area (Å²) in [5, 5.41) is 12.2. The van der Waals surface area contributed by atoms with E-state index in [-0.39, 0.29) is 18.2 Å². The zero-order valence-corrected chi connectivity index (χ0v) is 16.5. The predicted octanol–water partition coefficient (Wildman–Crippen LogP) is 3.03. The van der Waals surface area contributed by atoms with Gasteiger partial charge in [-0.15, -0.1) is 0 Å². The van der Waals surface area contributed by atoms with Crippen molar-refractivity contribution in [1.82, 2.24) is 5.32 Å². The fourth-order valence-electron chi connectivity index (χ4n) is 2.50. The Kier molecular flexibility index (Phi) is 7.80. The summed E-state index contributed by atoms with van der Waals surface area (Å²) in [6.45, 7) is 1.59. The third-order valence-electron chi connectivity index (χ3n) is 4.08. The number of esters is 1. The normalized spacial score (nSPS) is 11.7. The van der Waals surface area contributed by atoms with Crippen molar-refractivity contribution < 1.29 is 23.8 Å². The molecule has 0 aliphatic carbocycles. The highest BCUT2D eigenvalue weighted by atomic mass is 16.6. The summed E-state index contributed by atoms with van der Waals surface area (Å²) in [6.07, 6.45) is 1.46. The topological polar surface area (TPSA) is 97.7 Å². The largest absolute Gasteiger partial charge is 0.493 e. The molecule has 0 heterocycles. The average Bonchev–Trinajstić information content (AvgIpc) is 2.76. The number of rotatable bonds is 8. The van der Waals surface area contributed by atoms with Crippen LogP contribution in [0.2, 0.25) is 0 Å². The molecule has 0 radical (unpaired) electrons. The highest BCUT2D eigenvalue weighted by Crippen LogP contribution is 2.29. The number of benzene rings is 2. The van der Waals surface area contributed by atoms with E-state index >= 15 is 0 Å². The minimum Gasteiger partial charge on any atom is -0.493 e. The van der Waals surface area contributed by atoms with Crippen molar-refractivity contribution in [2.75, 3.05) is 20.8 Å². The monoisotopic (exact) mass is 394 g/mol. The molecule has 0 aromatic heterocycles. The first-order valence-corrected chi connectivity index (χ1v) is 8.83. The maximum Gasteiger partial charge on any atom is 0.343 e. The second-order valence-electron chi connectivity index (χ2n) is 6.05. The van der Waals surface area contributed by atoms with E-state index in [2.05, 4.69) is 10.1 Å². The third kappa shape index (κ3) is 6.11. The van der Waals surface area contributed by atoms with E-state index in [0.29, 0.717) is 17.1 Å². The van der Waals surface area contributed by atoms with Gasteiger partial charge in [0.15, 0.2) is 18.1 Å². The zero-order chi connectivity index (χ0) is 21.2. The minimum absolute atomic E-state index is 0.0435. The molecule has 2 aromatic carbocycles. The van der Waals surface area contributed by atoms with Gasteiger partial charge in [0.25, 0.3) is 5.91 Å². The lowest BCUT2D eigenvalue weighted by Gasteiger charge is -2.14. The van der Waals surface area contributed by atoms with E-state index in [1.807, 2.05) is 43.3 Å². The van der Waals surface area contributed by atoms with Gasteiger partial charge in [0.1, 0.15) is 11.6 Å². The SMILES string of the molecule is COC(=O)COc1ccc(/C=C(/C#N)C(=O)N[C@H](C)c2ccccc2)cc1OC. The van der Waals surface area contributed by atoms with Gasteiger partial charge >= 0.3 is 5.97 Å². The first kappa shape index (κ1) is 21.5. The number of carbonyl (C=O) groups excluding carboxylic acids is 2. The van der Waals surface area contributed by atoms with Crippen LogP contribution in [0.4, 0.5) is 0 Å². The molecule has 1 N–H and O–H groups in total. The Morgan fingerprint density at radius 1 is 1.14 bits per heavy atom. The second kappa shape index (κ2) is 10.5. The number of amides is 1. The molecule has 0 fully saturated rings. The van der Waals surface area contributed by atoms with Crippen molar-refractivity contribution in [1.29, 1.82) is 5.26 Å². The van der Waals surface area contributed by atoms with Crippen LogP contribution in [0.1, 0.15) is 24.1 Å². The van der Waals surface area contributed by atoms with Crippen molar-refractivity contribution in [3.63, 3.8) is 0 Å². The number of hydrogen-bond donors (Lipinski definition) is 1. The molecule has 0 saturated carbocycles. The van der Waals surface area contributed by atoms with Crippen LogP contribution in [-0.2, 0) is 14.3 Å². The van der Waals surface area contributed by atoms with Gasteiger partial charge in [-0.25, -0.2) is 4.79 Å². The maximum atomic E-state index is 12.5. The van der Waals surface area contributed by atoms with E-state index in [1.165, 1.54) is 20.3 Å². The number of carbonyl (C=O) groups is 2. The number of ether oxygens (including phenoxy) is 3. The van der Waals surface area contributed by atoms with Crippen LogP contribution < -0.4 is 14.8 Å². The zero-order valence-electron chi connectivity index (χ0n) is 16.5. The Bertz CT molecular complexity index is 932. The number of nitrogens with zero attached hydrogens (tertiary/aromatic N) is 1. The van der Waals surface area contributed by atoms with Crippen LogP contribution in [0.15, 0.2) is 54.1 Å². The first-order chi connectivity index (χ1) is 14.0. The summed E-state index contributed by atoms with van der Waals surface area (Å²) in [4.78, 5) is 23.7. The van der Waals surface area contributed by atoms with E-state index in [0.717, 1.165) is 5.56 Å². The molecule has 1 atom stereocenters. The van der Waals surface area contributed by atoms with Crippen molar-refractivity contribution in [3.05, 3.63) is 65.2 Å². The standard InChI is InChI=1S/C22H22N2O5/c1-15(17-7-5-4-6-8-17)24-22(26)18(13-23)11-16-9-10-19(20(12-16)27-2)29-14-21(25)28-3/h4-12,15H,14H2,1-3H3,(H,24,26)/b18-11-/t15-/m1/s1. The summed E-state index contributed by atoms with van der Waals surface area (Å²) < 4.78 is 15.1. The van der Waals surface area contributed by atoms with Crippen LogP contribution in [-0.4, -0.2) is 32.7 Å². The lowest BCUT2D eigenvalue weighted by atomic mass is 10.1. The summed E-state index contributed by atoms with van der Waals surface area (Å²) in [5.74, 6) is -0.297. The van der Waals surface area contributed by atoms with Gasteiger partial charge in [-0.2, -0.15) is 5.26 Å². The van der Waals surface area contributed by atoms with Crippen LogP contribution in [0, 0.1) is 11.3 Å². The molecule has 29 heavy (non-hydrogen) atoms. The molecule has 0 bridgehead atoms.